The minimum atomic E-state index is -1.48. The predicted octanol–water partition coefficient (Wildman–Crippen LogP) is 4.39. The van der Waals surface area contributed by atoms with Gasteiger partial charge in [-0.3, -0.25) is 0 Å². The van der Waals surface area contributed by atoms with Crippen LogP contribution in [0.5, 0.6) is 0 Å². The van der Waals surface area contributed by atoms with E-state index in [0.29, 0.717) is 0 Å². The van der Waals surface area contributed by atoms with Crippen molar-refractivity contribution in [3.63, 3.8) is 0 Å². The smallest absolute Gasteiger partial charge is 0.133 e. The molecule has 0 aliphatic carbocycles. The van der Waals surface area contributed by atoms with Crippen LogP contribution in [0.4, 0.5) is 0 Å². The van der Waals surface area contributed by atoms with Gasteiger partial charge < -0.3 is 0 Å². The molecule has 92 valence electrons. The summed E-state index contributed by atoms with van der Waals surface area (Å²) < 4.78 is 14.3. The van der Waals surface area contributed by atoms with Crippen LogP contribution in [0, 0.1) is 0 Å². The van der Waals surface area contributed by atoms with Gasteiger partial charge in [-0.05, 0) is 32.2 Å². The maximum Gasteiger partial charge on any atom is 0.133 e. The topological polar surface area (TPSA) is 37.1 Å². The van der Waals surface area contributed by atoms with E-state index in [1.165, 1.54) is 5.56 Å². The molecule has 1 aliphatic rings. The molecule has 0 saturated heterocycles. The fourth-order valence-electron chi connectivity index (χ4n) is 2.01. The number of rotatable bonds is 2. The summed E-state index contributed by atoms with van der Waals surface area (Å²) in [6, 6.07) is 10.4. The Hall–Kier alpha value is -0.650. The van der Waals surface area contributed by atoms with Crippen molar-refractivity contribution in [2.75, 3.05) is 26.7 Å². The standard InChI is InChI=1S/C12H19N3P2/c1-16(2)13-12(14-17(3,4)15-16)10-11-8-6-5-7-9-11/h5-9H,10H2,1-4H3. The van der Waals surface area contributed by atoms with Crippen LogP contribution in [0.15, 0.2) is 44.4 Å². The quantitative estimate of drug-likeness (QED) is 0.712. The second-order valence-electron chi connectivity index (χ2n) is 5.04. The summed E-state index contributed by atoms with van der Waals surface area (Å²) in [6.07, 6.45) is 0.837. The fraction of sp³-hybridized carbons (Fsp3) is 0.417. The highest BCUT2D eigenvalue weighted by Crippen LogP contribution is 2.60. The van der Waals surface area contributed by atoms with Gasteiger partial charge in [-0.25, -0.2) is 14.0 Å². The molecule has 0 saturated carbocycles. The van der Waals surface area contributed by atoms with Crippen LogP contribution in [0.3, 0.4) is 0 Å². The Bertz CT molecular complexity index is 539. The van der Waals surface area contributed by atoms with E-state index in [9.17, 15) is 0 Å². The minimum Gasteiger partial charge on any atom is -0.241 e. The lowest BCUT2D eigenvalue weighted by Crippen LogP contribution is -2.02. The molecule has 0 bridgehead atoms. The minimum absolute atomic E-state index is 0.837. The van der Waals surface area contributed by atoms with Gasteiger partial charge in [-0.2, -0.15) is 0 Å². The van der Waals surface area contributed by atoms with Crippen molar-refractivity contribution >= 4 is 20.2 Å². The third-order valence-electron chi connectivity index (χ3n) is 2.36. The molecular weight excluding hydrogens is 248 g/mol. The predicted molar refractivity (Wildman–Crippen MR) is 80.0 cm³/mol. The monoisotopic (exact) mass is 267 g/mol. The molecule has 0 unspecified atom stereocenters. The van der Waals surface area contributed by atoms with Crippen molar-refractivity contribution in [2.24, 2.45) is 14.0 Å². The first-order valence-corrected chi connectivity index (χ1v) is 10.8. The van der Waals surface area contributed by atoms with Crippen LogP contribution in [-0.2, 0) is 6.42 Å². The van der Waals surface area contributed by atoms with Crippen molar-refractivity contribution in [1.29, 1.82) is 0 Å². The molecule has 1 aromatic carbocycles. The zero-order valence-electron chi connectivity index (χ0n) is 10.8. The number of benzene rings is 1. The fourth-order valence-corrected chi connectivity index (χ4v) is 8.05. The molecule has 0 spiro atoms. The van der Waals surface area contributed by atoms with Gasteiger partial charge in [-0.1, -0.05) is 30.3 Å². The van der Waals surface area contributed by atoms with Crippen LogP contribution < -0.4 is 0 Å². The molecule has 5 heteroatoms. The van der Waals surface area contributed by atoms with Crippen LogP contribution in [0.1, 0.15) is 5.56 Å². The lowest BCUT2D eigenvalue weighted by atomic mass is 10.1. The van der Waals surface area contributed by atoms with Crippen molar-refractivity contribution < 1.29 is 0 Å². The van der Waals surface area contributed by atoms with Crippen LogP contribution in [-0.4, -0.2) is 32.5 Å². The summed E-state index contributed by atoms with van der Waals surface area (Å²) in [5, 5.41) is 0. The Morgan fingerprint density at radius 1 is 0.941 bits per heavy atom. The highest BCUT2D eigenvalue weighted by molar-refractivity contribution is 7.75. The van der Waals surface area contributed by atoms with Crippen LogP contribution in [0.2, 0.25) is 0 Å². The van der Waals surface area contributed by atoms with E-state index < -0.39 is 14.4 Å². The Balaban J connectivity index is 2.33. The van der Waals surface area contributed by atoms with E-state index in [-0.39, 0.29) is 0 Å². The van der Waals surface area contributed by atoms with E-state index in [4.69, 9.17) is 14.0 Å². The Labute approximate surface area is 104 Å². The summed E-state index contributed by atoms with van der Waals surface area (Å²) in [5.41, 5.74) is 1.27. The van der Waals surface area contributed by atoms with Crippen LogP contribution in [0.25, 0.3) is 0 Å². The van der Waals surface area contributed by atoms with E-state index in [2.05, 4.69) is 50.9 Å². The first-order valence-electron chi connectivity index (χ1n) is 5.65. The van der Waals surface area contributed by atoms with Gasteiger partial charge >= 0.3 is 0 Å². The van der Waals surface area contributed by atoms with Crippen LogP contribution >= 0.6 is 14.4 Å². The summed E-state index contributed by atoms with van der Waals surface area (Å²) in [7, 11) is -2.97. The summed E-state index contributed by atoms with van der Waals surface area (Å²) in [5.74, 6) is 0.989. The van der Waals surface area contributed by atoms with Crippen molar-refractivity contribution in [3.05, 3.63) is 35.9 Å². The van der Waals surface area contributed by atoms with E-state index >= 15 is 0 Å². The second kappa shape index (κ2) is 4.55. The molecular formula is C12H19N3P2. The van der Waals surface area contributed by atoms with Gasteiger partial charge in [0, 0.05) is 6.42 Å². The summed E-state index contributed by atoms with van der Waals surface area (Å²) >= 11 is 0. The lowest BCUT2D eigenvalue weighted by molar-refractivity contribution is 1.29. The molecule has 0 atom stereocenters. The Morgan fingerprint density at radius 3 is 2.18 bits per heavy atom. The highest BCUT2D eigenvalue weighted by atomic mass is 31.2. The van der Waals surface area contributed by atoms with Crippen molar-refractivity contribution in [2.45, 2.75) is 6.42 Å². The zero-order chi connectivity index (χ0) is 12.5. The van der Waals surface area contributed by atoms with Crippen molar-refractivity contribution in [3.8, 4) is 0 Å². The number of amidine groups is 1. The first-order chi connectivity index (χ1) is 7.86. The summed E-state index contributed by atoms with van der Waals surface area (Å²) in [4.78, 5) is 0. The molecule has 3 nitrogen and oxygen atoms in total. The maximum atomic E-state index is 4.81. The highest BCUT2D eigenvalue weighted by Gasteiger charge is 2.17. The normalized spacial score (nSPS) is 21.1. The van der Waals surface area contributed by atoms with E-state index in [0.717, 1.165) is 12.3 Å². The van der Waals surface area contributed by atoms with Gasteiger partial charge in [0.15, 0.2) is 0 Å². The van der Waals surface area contributed by atoms with Gasteiger partial charge in [0.05, 0.1) is 14.4 Å². The van der Waals surface area contributed by atoms with Crippen molar-refractivity contribution in [1.82, 2.24) is 0 Å². The molecule has 0 fully saturated rings. The average Bonchev–Trinajstić information content (AvgIpc) is 2.13. The lowest BCUT2D eigenvalue weighted by Gasteiger charge is -2.21. The summed E-state index contributed by atoms with van der Waals surface area (Å²) in [6.45, 7) is 8.64. The number of hydrogen-bond donors (Lipinski definition) is 0. The molecule has 0 amide bonds. The Morgan fingerprint density at radius 2 is 1.59 bits per heavy atom. The largest absolute Gasteiger partial charge is 0.241 e. The van der Waals surface area contributed by atoms with Gasteiger partial charge in [-0.15, -0.1) is 0 Å². The zero-order valence-corrected chi connectivity index (χ0v) is 12.6. The maximum absolute atomic E-state index is 4.81. The molecule has 0 N–H and O–H groups in total. The van der Waals surface area contributed by atoms with Gasteiger partial charge in [0.25, 0.3) is 0 Å². The molecule has 1 aliphatic heterocycles. The van der Waals surface area contributed by atoms with E-state index in [1.807, 2.05) is 6.07 Å². The van der Waals surface area contributed by atoms with Gasteiger partial charge in [0.2, 0.25) is 0 Å². The average molecular weight is 267 g/mol. The van der Waals surface area contributed by atoms with E-state index in [1.54, 1.807) is 0 Å². The molecule has 0 aromatic heterocycles. The second-order valence-corrected chi connectivity index (χ2v) is 11.5. The molecule has 1 aromatic rings. The number of nitrogens with zero attached hydrogens (tertiary/aromatic N) is 3. The first kappa shape index (κ1) is 12.8. The molecule has 17 heavy (non-hydrogen) atoms. The molecule has 2 rings (SSSR count). The Kier molecular flexibility index (Phi) is 3.43. The third kappa shape index (κ3) is 3.66. The third-order valence-corrected chi connectivity index (χ3v) is 7.31. The van der Waals surface area contributed by atoms with Gasteiger partial charge in [0.1, 0.15) is 5.84 Å². The SMILES string of the molecule is CP1(C)=NC(Cc2ccccc2)=NP(C)(C)=N1. The number of hydrogen-bond acceptors (Lipinski definition) is 3. The molecule has 1 heterocycles. The molecule has 0 radical (unpaired) electrons.